The molecule has 3 atom stereocenters. The van der Waals surface area contributed by atoms with Gasteiger partial charge in [0.15, 0.2) is 10.8 Å². The number of hydrogen-bond acceptors (Lipinski definition) is 8. The SMILES string of the molecule is CCN(CC)CC1COCCN1C(=O)CC(CSc1ccccc1)Nc1ccc(SN)cc1S(=O)C(F)(F)F. The Hall–Kier alpha value is -1.77. The van der Waals surface area contributed by atoms with E-state index in [1.807, 2.05) is 35.2 Å². The number of alkyl halides is 3. The predicted molar refractivity (Wildman–Crippen MR) is 152 cm³/mol. The van der Waals surface area contributed by atoms with Crippen molar-refractivity contribution in [3.05, 3.63) is 48.5 Å². The van der Waals surface area contributed by atoms with E-state index in [1.165, 1.54) is 23.9 Å². The minimum Gasteiger partial charge on any atom is -0.380 e. The van der Waals surface area contributed by atoms with Crippen molar-refractivity contribution in [2.75, 3.05) is 50.5 Å². The van der Waals surface area contributed by atoms with Gasteiger partial charge in [-0.3, -0.25) is 9.93 Å². The van der Waals surface area contributed by atoms with Crippen LogP contribution in [0.4, 0.5) is 18.9 Å². The fraction of sp³-hybridized carbons (Fsp3) is 0.500. The molecule has 1 heterocycles. The lowest BCUT2D eigenvalue weighted by Gasteiger charge is -2.39. The van der Waals surface area contributed by atoms with Crippen molar-refractivity contribution < 1.29 is 26.9 Å². The number of likely N-dealkylation sites (N-methyl/N-ethyl adjacent to an activating group) is 1. The van der Waals surface area contributed by atoms with Crippen LogP contribution in [0, 0.1) is 0 Å². The van der Waals surface area contributed by atoms with Crippen LogP contribution in [0.5, 0.6) is 0 Å². The molecule has 3 rings (SSSR count). The molecular weight excluding hydrogens is 570 g/mol. The fourth-order valence-electron chi connectivity index (χ4n) is 4.30. The second-order valence-corrected chi connectivity index (χ2v) is 12.2. The van der Waals surface area contributed by atoms with E-state index in [0.717, 1.165) is 29.9 Å². The Bertz CT molecular complexity index is 1090. The van der Waals surface area contributed by atoms with Gasteiger partial charge in [-0.25, -0.2) is 4.21 Å². The number of nitrogens with one attached hydrogen (secondary N) is 1. The van der Waals surface area contributed by atoms with E-state index >= 15 is 0 Å². The van der Waals surface area contributed by atoms with Gasteiger partial charge in [0, 0.05) is 41.1 Å². The number of hydrogen-bond donors (Lipinski definition) is 2. The average molecular weight is 605 g/mol. The van der Waals surface area contributed by atoms with Gasteiger partial charge < -0.3 is 19.9 Å². The molecule has 1 amide bonds. The zero-order chi connectivity index (χ0) is 28.4. The highest BCUT2D eigenvalue weighted by Crippen LogP contribution is 2.34. The number of thioether (sulfide) groups is 1. The van der Waals surface area contributed by atoms with Crippen molar-refractivity contribution in [3.63, 3.8) is 0 Å². The monoisotopic (exact) mass is 604 g/mol. The first-order valence-corrected chi connectivity index (χ1v) is 15.7. The number of ether oxygens (including phenoxy) is 1. The molecule has 3 unspecified atom stereocenters. The zero-order valence-corrected chi connectivity index (χ0v) is 24.4. The van der Waals surface area contributed by atoms with E-state index in [2.05, 4.69) is 24.1 Å². The van der Waals surface area contributed by atoms with E-state index in [4.69, 9.17) is 9.88 Å². The second kappa shape index (κ2) is 15.3. The zero-order valence-electron chi connectivity index (χ0n) is 22.0. The summed E-state index contributed by atoms with van der Waals surface area (Å²) >= 11 is 2.27. The molecule has 0 radical (unpaired) electrons. The number of nitrogens with zero attached hydrogens (tertiary/aromatic N) is 2. The van der Waals surface area contributed by atoms with Gasteiger partial charge >= 0.3 is 5.51 Å². The Morgan fingerprint density at radius 3 is 2.56 bits per heavy atom. The first kappa shape index (κ1) is 31.8. The van der Waals surface area contributed by atoms with Gasteiger partial charge in [0.05, 0.1) is 29.8 Å². The molecule has 216 valence electrons. The normalized spacial score (nSPS) is 17.7. The summed E-state index contributed by atoms with van der Waals surface area (Å²) in [5.74, 6) is 0.306. The van der Waals surface area contributed by atoms with Crippen molar-refractivity contribution in [3.8, 4) is 0 Å². The molecule has 1 fully saturated rings. The van der Waals surface area contributed by atoms with Crippen LogP contribution in [0.2, 0.25) is 0 Å². The van der Waals surface area contributed by atoms with Crippen LogP contribution in [0.1, 0.15) is 20.3 Å². The molecule has 0 spiro atoms. The van der Waals surface area contributed by atoms with E-state index in [1.54, 1.807) is 6.07 Å². The van der Waals surface area contributed by atoms with Crippen molar-refractivity contribution in [2.24, 2.45) is 5.14 Å². The Kier molecular flexibility index (Phi) is 12.4. The number of amides is 1. The van der Waals surface area contributed by atoms with Crippen molar-refractivity contribution in [1.82, 2.24) is 9.80 Å². The molecule has 2 aromatic rings. The average Bonchev–Trinajstić information content (AvgIpc) is 2.94. The summed E-state index contributed by atoms with van der Waals surface area (Å²) in [5, 5.41) is 8.67. The third kappa shape index (κ3) is 9.39. The summed E-state index contributed by atoms with van der Waals surface area (Å²) in [6.45, 7) is 7.84. The molecule has 2 aromatic carbocycles. The maximum atomic E-state index is 13.6. The summed E-state index contributed by atoms with van der Waals surface area (Å²) in [7, 11) is -3.27. The van der Waals surface area contributed by atoms with Crippen molar-refractivity contribution in [1.29, 1.82) is 0 Å². The maximum Gasteiger partial charge on any atom is 0.475 e. The highest BCUT2D eigenvalue weighted by Gasteiger charge is 2.40. The second-order valence-electron chi connectivity index (χ2n) is 8.96. The van der Waals surface area contributed by atoms with Crippen LogP contribution < -0.4 is 10.5 Å². The molecule has 1 aliphatic heterocycles. The highest BCUT2D eigenvalue weighted by molar-refractivity contribution is 7.99. The minimum absolute atomic E-state index is 0.0556. The number of carbonyl (C=O) groups is 1. The molecule has 7 nitrogen and oxygen atoms in total. The Morgan fingerprint density at radius 1 is 1.21 bits per heavy atom. The number of anilines is 1. The lowest BCUT2D eigenvalue weighted by Crippen LogP contribution is -2.54. The van der Waals surface area contributed by atoms with Gasteiger partial charge in [-0.05, 0) is 55.4 Å². The van der Waals surface area contributed by atoms with E-state index in [0.29, 0.717) is 37.0 Å². The lowest BCUT2D eigenvalue weighted by molar-refractivity contribution is -0.140. The van der Waals surface area contributed by atoms with Gasteiger partial charge in [-0.2, -0.15) is 13.2 Å². The quantitative estimate of drug-likeness (QED) is 0.249. The van der Waals surface area contributed by atoms with Gasteiger partial charge in [-0.1, -0.05) is 32.0 Å². The van der Waals surface area contributed by atoms with Crippen LogP contribution in [0.25, 0.3) is 0 Å². The third-order valence-corrected chi connectivity index (χ3v) is 9.24. The standard InChI is InChI=1S/C26H35F3N4O3S3/c1-3-32(4-2)16-20-17-36-13-12-33(20)25(34)14-19(18-37-21-8-6-5-7-9-21)31-23-11-10-22(38-30)15-24(23)39(35)26(27,28)29/h5-11,15,19-20,31H,3-4,12-14,16-18,30H2,1-2H3. The van der Waals surface area contributed by atoms with Crippen LogP contribution in [-0.2, 0) is 20.3 Å². The minimum atomic E-state index is -4.94. The summed E-state index contributed by atoms with van der Waals surface area (Å²) in [5.41, 5.74) is -4.87. The molecule has 3 N–H and O–H groups in total. The van der Waals surface area contributed by atoms with E-state index in [-0.39, 0.29) is 24.1 Å². The lowest BCUT2D eigenvalue weighted by atomic mass is 10.1. The molecule has 0 aromatic heterocycles. The van der Waals surface area contributed by atoms with E-state index in [9.17, 15) is 22.2 Å². The molecule has 0 saturated carbocycles. The number of halogens is 3. The Balaban J connectivity index is 1.85. The smallest absolute Gasteiger partial charge is 0.380 e. The third-order valence-electron chi connectivity index (χ3n) is 6.39. The van der Waals surface area contributed by atoms with Crippen molar-refractivity contribution >= 4 is 46.1 Å². The Morgan fingerprint density at radius 2 is 1.92 bits per heavy atom. The largest absolute Gasteiger partial charge is 0.475 e. The van der Waals surface area contributed by atoms with Gasteiger partial charge in [-0.15, -0.1) is 11.8 Å². The topological polar surface area (TPSA) is 87.9 Å². The number of morpholine rings is 1. The van der Waals surface area contributed by atoms with Gasteiger partial charge in [0.1, 0.15) is 0 Å². The van der Waals surface area contributed by atoms with Gasteiger partial charge in [0.25, 0.3) is 0 Å². The summed E-state index contributed by atoms with van der Waals surface area (Å²) in [6, 6.07) is 13.1. The molecule has 1 aliphatic rings. The Labute approximate surface area is 239 Å². The first-order chi connectivity index (χ1) is 18.7. The first-order valence-electron chi connectivity index (χ1n) is 12.7. The molecule has 1 saturated heterocycles. The van der Waals surface area contributed by atoms with E-state index < -0.39 is 27.2 Å². The number of carbonyl (C=O) groups excluding carboxylic acids is 1. The number of rotatable bonds is 13. The number of benzene rings is 2. The van der Waals surface area contributed by atoms with Crippen LogP contribution in [0.3, 0.4) is 0 Å². The fourth-order valence-corrected chi connectivity index (χ4v) is 6.46. The summed E-state index contributed by atoms with van der Waals surface area (Å²) in [6.07, 6.45) is 0.0556. The molecule has 0 bridgehead atoms. The van der Waals surface area contributed by atoms with Crippen LogP contribution in [-0.4, -0.2) is 82.7 Å². The molecule has 0 aliphatic carbocycles. The summed E-state index contributed by atoms with van der Waals surface area (Å²) < 4.78 is 58.5. The maximum absolute atomic E-state index is 13.6. The molecular formula is C26H35F3N4O3S3. The number of nitrogens with two attached hydrogens (primary N) is 1. The van der Waals surface area contributed by atoms with Gasteiger partial charge in [0.2, 0.25) is 5.91 Å². The predicted octanol–water partition coefficient (Wildman–Crippen LogP) is 4.81. The molecule has 39 heavy (non-hydrogen) atoms. The molecule has 13 heteroatoms. The summed E-state index contributed by atoms with van der Waals surface area (Å²) in [4.78, 5) is 18.6. The van der Waals surface area contributed by atoms with Crippen LogP contribution >= 0.6 is 23.7 Å². The van der Waals surface area contributed by atoms with Crippen molar-refractivity contribution in [2.45, 2.75) is 52.5 Å². The highest BCUT2D eigenvalue weighted by atomic mass is 32.2. The van der Waals surface area contributed by atoms with Crippen LogP contribution in [0.15, 0.2) is 63.2 Å².